The summed E-state index contributed by atoms with van der Waals surface area (Å²) in [6.07, 6.45) is 2.98. The third kappa shape index (κ3) is 6.03. The summed E-state index contributed by atoms with van der Waals surface area (Å²) < 4.78 is 5.52. The summed E-state index contributed by atoms with van der Waals surface area (Å²) in [5, 5.41) is 18.3. The maximum atomic E-state index is 12.7. The van der Waals surface area contributed by atoms with Crippen molar-refractivity contribution in [3.8, 4) is 11.5 Å². The summed E-state index contributed by atoms with van der Waals surface area (Å²) in [5.74, 6) is -0.766. The second-order valence-electron chi connectivity index (χ2n) is 6.15. The molecule has 2 amide bonds. The van der Waals surface area contributed by atoms with Crippen molar-refractivity contribution in [3.63, 3.8) is 0 Å². The maximum absolute atomic E-state index is 12.7. The number of carbonyl (C=O) groups is 2. The summed E-state index contributed by atoms with van der Waals surface area (Å²) in [4.78, 5) is 26.0. The van der Waals surface area contributed by atoms with Gasteiger partial charge in [0.2, 0.25) is 0 Å². The van der Waals surface area contributed by atoms with Crippen LogP contribution in [0.25, 0.3) is 6.08 Å². The van der Waals surface area contributed by atoms with Crippen LogP contribution in [0.5, 0.6) is 11.5 Å². The topological polar surface area (TPSA) is 100 Å². The summed E-state index contributed by atoms with van der Waals surface area (Å²) in [5.41, 5.74) is 3.47. The third-order valence-electron chi connectivity index (χ3n) is 4.01. The lowest BCUT2D eigenvalue weighted by atomic mass is 10.2. The predicted octanol–water partition coefficient (Wildman–Crippen LogP) is 4.15. The van der Waals surface area contributed by atoms with Crippen LogP contribution in [0.2, 0.25) is 0 Å². The standard InChI is InChI=1S/C22H18BrN3O4S/c1-30-19-11-14(10-17(23)20(19)27)13-24-26-22(29)18(12-16-8-5-9-31-16)25-21(28)15-6-3-2-4-7-15/h2-13,27H,1H3,(H,25,28)(H,26,29)/b18-12+,24-13+. The number of ether oxygens (including phenoxy) is 1. The smallest absolute Gasteiger partial charge is 0.287 e. The molecule has 3 aromatic rings. The Kier molecular flexibility index (Phi) is 7.58. The fraction of sp³-hybridized carbons (Fsp3) is 0.0455. The molecule has 0 aliphatic rings. The minimum atomic E-state index is -0.584. The molecule has 1 heterocycles. The maximum Gasteiger partial charge on any atom is 0.287 e. The van der Waals surface area contributed by atoms with Gasteiger partial charge in [-0.05, 0) is 63.3 Å². The van der Waals surface area contributed by atoms with Gasteiger partial charge >= 0.3 is 0 Å². The van der Waals surface area contributed by atoms with Gasteiger partial charge in [0.05, 0.1) is 17.8 Å². The zero-order chi connectivity index (χ0) is 22.2. The first kappa shape index (κ1) is 22.3. The van der Waals surface area contributed by atoms with E-state index in [2.05, 4.69) is 31.8 Å². The van der Waals surface area contributed by atoms with Crippen molar-refractivity contribution in [3.05, 3.63) is 86.2 Å². The molecule has 0 unspecified atom stereocenters. The number of rotatable bonds is 7. The van der Waals surface area contributed by atoms with Gasteiger partial charge in [0.15, 0.2) is 11.5 Å². The lowest BCUT2D eigenvalue weighted by molar-refractivity contribution is -0.117. The van der Waals surface area contributed by atoms with E-state index in [0.29, 0.717) is 15.6 Å². The van der Waals surface area contributed by atoms with E-state index in [0.717, 1.165) is 4.88 Å². The van der Waals surface area contributed by atoms with Gasteiger partial charge in [-0.3, -0.25) is 9.59 Å². The molecule has 0 saturated carbocycles. The van der Waals surface area contributed by atoms with Crippen molar-refractivity contribution in [2.24, 2.45) is 5.10 Å². The molecule has 0 fully saturated rings. The van der Waals surface area contributed by atoms with Crippen molar-refractivity contribution >= 4 is 51.4 Å². The number of amides is 2. The Hall–Kier alpha value is -3.43. The highest BCUT2D eigenvalue weighted by Crippen LogP contribution is 2.34. The zero-order valence-electron chi connectivity index (χ0n) is 16.3. The van der Waals surface area contributed by atoms with Gasteiger partial charge in [0, 0.05) is 10.4 Å². The molecule has 3 rings (SSSR count). The Morgan fingerprint density at radius 2 is 1.94 bits per heavy atom. The molecule has 9 heteroatoms. The Morgan fingerprint density at radius 3 is 2.61 bits per heavy atom. The second kappa shape index (κ2) is 10.6. The summed E-state index contributed by atoms with van der Waals surface area (Å²) in [7, 11) is 1.43. The number of carbonyl (C=O) groups excluding carboxylic acids is 2. The molecule has 0 aliphatic heterocycles. The van der Waals surface area contributed by atoms with Crippen LogP contribution in [0.3, 0.4) is 0 Å². The van der Waals surface area contributed by atoms with Crippen LogP contribution in [0.15, 0.2) is 75.2 Å². The van der Waals surface area contributed by atoms with Crippen LogP contribution in [0.1, 0.15) is 20.8 Å². The molecule has 0 atom stereocenters. The zero-order valence-corrected chi connectivity index (χ0v) is 18.7. The highest BCUT2D eigenvalue weighted by molar-refractivity contribution is 9.10. The van der Waals surface area contributed by atoms with Gasteiger partial charge in [-0.15, -0.1) is 11.3 Å². The van der Waals surface area contributed by atoms with Crippen LogP contribution in [-0.4, -0.2) is 30.2 Å². The number of phenolic OH excluding ortho intramolecular Hbond substituents is 1. The van der Waals surface area contributed by atoms with Gasteiger partial charge in [0.1, 0.15) is 5.70 Å². The first-order valence-corrected chi connectivity index (χ1v) is 10.7. The van der Waals surface area contributed by atoms with Crippen molar-refractivity contribution in [2.45, 2.75) is 0 Å². The number of aromatic hydroxyl groups is 1. The molecule has 3 N–H and O–H groups in total. The molecule has 1 aromatic heterocycles. The molecule has 2 aromatic carbocycles. The van der Waals surface area contributed by atoms with E-state index in [9.17, 15) is 14.7 Å². The van der Waals surface area contributed by atoms with E-state index in [1.165, 1.54) is 24.7 Å². The number of thiophene rings is 1. The number of hydrogen-bond acceptors (Lipinski definition) is 6. The summed E-state index contributed by atoms with van der Waals surface area (Å²) in [6, 6.07) is 15.5. The lowest BCUT2D eigenvalue weighted by Gasteiger charge is -2.09. The van der Waals surface area contributed by atoms with E-state index in [1.807, 2.05) is 17.5 Å². The Bertz CT molecular complexity index is 1130. The number of methoxy groups -OCH3 is 1. The van der Waals surface area contributed by atoms with E-state index < -0.39 is 11.8 Å². The molecular weight excluding hydrogens is 482 g/mol. The molecule has 0 bridgehead atoms. The van der Waals surface area contributed by atoms with Gasteiger partial charge in [-0.1, -0.05) is 24.3 Å². The van der Waals surface area contributed by atoms with Crippen LogP contribution >= 0.6 is 27.3 Å². The summed E-state index contributed by atoms with van der Waals surface area (Å²) in [6.45, 7) is 0. The molecule has 0 aliphatic carbocycles. The average Bonchev–Trinajstić information content (AvgIpc) is 3.29. The number of hydrazone groups is 1. The molecule has 31 heavy (non-hydrogen) atoms. The number of halogens is 1. The van der Waals surface area contributed by atoms with E-state index >= 15 is 0 Å². The fourth-order valence-electron chi connectivity index (χ4n) is 2.51. The van der Waals surface area contributed by atoms with Crippen molar-refractivity contribution in [1.29, 1.82) is 0 Å². The third-order valence-corrected chi connectivity index (χ3v) is 5.43. The van der Waals surface area contributed by atoms with E-state index in [-0.39, 0.29) is 17.2 Å². The highest BCUT2D eigenvalue weighted by Gasteiger charge is 2.14. The molecule has 7 nitrogen and oxygen atoms in total. The summed E-state index contributed by atoms with van der Waals surface area (Å²) >= 11 is 4.66. The lowest BCUT2D eigenvalue weighted by Crippen LogP contribution is -2.32. The van der Waals surface area contributed by atoms with Gasteiger partial charge < -0.3 is 15.2 Å². The van der Waals surface area contributed by atoms with Gasteiger partial charge in [-0.2, -0.15) is 5.10 Å². The Labute approximate surface area is 191 Å². The predicted molar refractivity (Wildman–Crippen MR) is 124 cm³/mol. The SMILES string of the molecule is COc1cc(/C=N/NC(=O)/C(=C\c2cccs2)NC(=O)c2ccccc2)cc(Br)c1O. The van der Waals surface area contributed by atoms with E-state index in [1.54, 1.807) is 48.5 Å². The minimum Gasteiger partial charge on any atom is -0.503 e. The average molecular weight is 500 g/mol. The van der Waals surface area contributed by atoms with Crippen LogP contribution in [-0.2, 0) is 4.79 Å². The van der Waals surface area contributed by atoms with Crippen LogP contribution < -0.4 is 15.5 Å². The Balaban J connectivity index is 1.77. The fourth-order valence-corrected chi connectivity index (χ4v) is 3.62. The van der Waals surface area contributed by atoms with Crippen molar-refractivity contribution in [2.75, 3.05) is 7.11 Å². The monoisotopic (exact) mass is 499 g/mol. The minimum absolute atomic E-state index is 0.0338. The Morgan fingerprint density at radius 1 is 1.16 bits per heavy atom. The molecule has 0 radical (unpaired) electrons. The largest absolute Gasteiger partial charge is 0.503 e. The normalized spacial score (nSPS) is 11.4. The number of nitrogens with zero attached hydrogens (tertiary/aromatic N) is 1. The van der Waals surface area contributed by atoms with Crippen LogP contribution in [0, 0.1) is 0 Å². The van der Waals surface area contributed by atoms with Gasteiger partial charge in [-0.25, -0.2) is 5.43 Å². The number of benzene rings is 2. The van der Waals surface area contributed by atoms with Crippen molar-refractivity contribution in [1.82, 2.24) is 10.7 Å². The van der Waals surface area contributed by atoms with Crippen molar-refractivity contribution < 1.29 is 19.4 Å². The molecule has 0 spiro atoms. The van der Waals surface area contributed by atoms with E-state index in [4.69, 9.17) is 4.74 Å². The van der Waals surface area contributed by atoms with Gasteiger partial charge in [0.25, 0.3) is 11.8 Å². The first-order valence-electron chi connectivity index (χ1n) is 8.99. The quantitative estimate of drug-likeness (QED) is 0.258. The first-order chi connectivity index (χ1) is 15.0. The number of hydrogen-bond donors (Lipinski definition) is 3. The molecular formula is C22H18BrN3O4S. The number of nitrogens with one attached hydrogen (secondary N) is 2. The highest BCUT2D eigenvalue weighted by atomic mass is 79.9. The second-order valence-corrected chi connectivity index (χ2v) is 7.98. The number of phenols is 1. The molecule has 0 saturated heterocycles. The van der Waals surface area contributed by atoms with Crippen LogP contribution in [0.4, 0.5) is 0 Å². The molecule has 158 valence electrons.